The van der Waals surface area contributed by atoms with Crippen LogP contribution in [0.15, 0.2) is 70.1 Å². The van der Waals surface area contributed by atoms with Gasteiger partial charge in [-0.2, -0.15) is 0 Å². The molecule has 1 aromatic heterocycles. The maximum absolute atomic E-state index is 12.8. The van der Waals surface area contributed by atoms with E-state index < -0.39 is 16.0 Å². The van der Waals surface area contributed by atoms with Crippen molar-refractivity contribution in [3.05, 3.63) is 92.6 Å². The normalized spacial score (nSPS) is 11.5. The highest BCUT2D eigenvalue weighted by Gasteiger charge is 2.24. The summed E-state index contributed by atoms with van der Waals surface area (Å²) in [5.74, 6) is 0.444. The van der Waals surface area contributed by atoms with Crippen LogP contribution < -0.4 is 9.46 Å². The lowest BCUT2D eigenvalue weighted by molar-refractivity contribution is 0.0600. The molecule has 0 bridgehead atoms. The van der Waals surface area contributed by atoms with Crippen LogP contribution >= 0.6 is 34.8 Å². The Kier molecular flexibility index (Phi) is 8.76. The number of nitrogens with one attached hydrogen (secondary N) is 1. The number of methoxy groups -OCH3 is 1. The molecule has 4 aromatic rings. The van der Waals surface area contributed by atoms with E-state index in [-0.39, 0.29) is 33.7 Å². The third kappa shape index (κ3) is 6.33. The second-order valence-corrected chi connectivity index (χ2v) is 11.6. The summed E-state index contributed by atoms with van der Waals surface area (Å²) < 4.78 is 44.4. The molecule has 1 N–H and O–H groups in total. The van der Waals surface area contributed by atoms with Gasteiger partial charge in [0, 0.05) is 17.5 Å². The Balaban J connectivity index is 1.54. The van der Waals surface area contributed by atoms with Crippen molar-refractivity contribution in [2.45, 2.75) is 31.3 Å². The van der Waals surface area contributed by atoms with Gasteiger partial charge in [-0.25, -0.2) is 13.2 Å². The van der Waals surface area contributed by atoms with Gasteiger partial charge < -0.3 is 14.0 Å². The highest BCUT2D eigenvalue weighted by molar-refractivity contribution is 7.92. The van der Waals surface area contributed by atoms with Crippen LogP contribution in [0.25, 0.3) is 11.3 Å². The Morgan fingerprint density at radius 2 is 1.67 bits per heavy atom. The van der Waals surface area contributed by atoms with Gasteiger partial charge in [-0.3, -0.25) is 4.72 Å². The van der Waals surface area contributed by atoms with Crippen LogP contribution in [0.2, 0.25) is 15.1 Å². The average Bonchev–Trinajstić information content (AvgIpc) is 3.32. The highest BCUT2D eigenvalue weighted by atomic mass is 35.5. The lowest BCUT2D eigenvalue weighted by Crippen LogP contribution is -2.13. The number of anilines is 1. The Bertz CT molecular complexity index is 1600. The number of rotatable bonds is 9. The molecule has 0 saturated carbocycles. The summed E-state index contributed by atoms with van der Waals surface area (Å²) >= 11 is 19.2. The van der Waals surface area contributed by atoms with Crippen molar-refractivity contribution in [1.82, 2.24) is 5.16 Å². The molecule has 0 atom stereocenters. The summed E-state index contributed by atoms with van der Waals surface area (Å²) in [5.41, 5.74) is 2.07. The van der Waals surface area contributed by atoms with E-state index in [0.29, 0.717) is 38.4 Å². The van der Waals surface area contributed by atoms with Crippen LogP contribution in [0, 0.1) is 0 Å². The number of hydrogen-bond donors (Lipinski definition) is 1. The Morgan fingerprint density at radius 3 is 2.26 bits per heavy atom. The van der Waals surface area contributed by atoms with Gasteiger partial charge in [0.2, 0.25) is 0 Å². The summed E-state index contributed by atoms with van der Waals surface area (Å²) in [6, 6.07) is 15.0. The largest absolute Gasteiger partial charge is 0.489 e. The number of carbonyl (C=O) groups excluding carboxylic acids is 1. The van der Waals surface area contributed by atoms with Crippen LogP contribution in [-0.2, 0) is 21.4 Å². The fraction of sp³-hybridized carbons (Fsp3) is 0.185. The van der Waals surface area contributed by atoms with E-state index in [9.17, 15) is 13.2 Å². The lowest BCUT2D eigenvalue weighted by Gasteiger charge is -2.13. The summed E-state index contributed by atoms with van der Waals surface area (Å²) in [6.07, 6.45) is 0. The van der Waals surface area contributed by atoms with Crippen molar-refractivity contribution in [1.29, 1.82) is 0 Å². The topological polar surface area (TPSA) is 108 Å². The quantitative estimate of drug-likeness (QED) is 0.195. The van der Waals surface area contributed by atoms with Gasteiger partial charge in [0.1, 0.15) is 23.8 Å². The Hall–Kier alpha value is -3.24. The van der Waals surface area contributed by atoms with Crippen molar-refractivity contribution in [3.8, 4) is 17.0 Å². The van der Waals surface area contributed by atoms with E-state index in [1.54, 1.807) is 24.3 Å². The Labute approximate surface area is 240 Å². The summed E-state index contributed by atoms with van der Waals surface area (Å²) in [7, 11) is -2.74. The molecule has 1 heterocycles. The molecular weight excluding hydrogens is 587 g/mol. The molecule has 204 valence electrons. The molecule has 39 heavy (non-hydrogen) atoms. The van der Waals surface area contributed by atoms with Gasteiger partial charge in [-0.05, 0) is 48.5 Å². The minimum atomic E-state index is -3.98. The molecule has 0 saturated heterocycles. The predicted octanol–water partition coefficient (Wildman–Crippen LogP) is 7.59. The summed E-state index contributed by atoms with van der Waals surface area (Å²) in [5, 5.41) is 5.17. The molecule has 8 nitrogen and oxygen atoms in total. The van der Waals surface area contributed by atoms with E-state index in [4.69, 9.17) is 44.1 Å². The van der Waals surface area contributed by atoms with Gasteiger partial charge in [0.05, 0.1) is 43.9 Å². The number of hydrogen-bond acceptors (Lipinski definition) is 7. The number of halogens is 3. The van der Waals surface area contributed by atoms with E-state index >= 15 is 0 Å². The number of esters is 1. The number of sulfonamides is 1. The van der Waals surface area contributed by atoms with E-state index in [1.807, 2.05) is 13.8 Å². The summed E-state index contributed by atoms with van der Waals surface area (Å²) in [4.78, 5) is 11.6. The summed E-state index contributed by atoms with van der Waals surface area (Å²) in [6.45, 7) is 3.99. The molecule has 0 spiro atoms. The van der Waals surface area contributed by atoms with Crippen molar-refractivity contribution in [2.24, 2.45) is 0 Å². The first-order chi connectivity index (χ1) is 18.5. The molecule has 0 unspecified atom stereocenters. The number of nitrogens with zero attached hydrogens (tertiary/aromatic N) is 1. The molecule has 3 aromatic carbocycles. The van der Waals surface area contributed by atoms with Crippen molar-refractivity contribution < 1.29 is 27.2 Å². The zero-order valence-electron chi connectivity index (χ0n) is 21.0. The van der Waals surface area contributed by atoms with Gasteiger partial charge >= 0.3 is 5.97 Å². The lowest BCUT2D eigenvalue weighted by atomic mass is 10.0. The minimum absolute atomic E-state index is 0.00756. The second kappa shape index (κ2) is 11.9. The third-order valence-electron chi connectivity index (χ3n) is 5.70. The number of ether oxygens (including phenoxy) is 2. The fourth-order valence-corrected chi connectivity index (χ4v) is 5.68. The molecule has 0 aliphatic rings. The SMILES string of the molecule is COC(=O)c1ccc(S(=O)(=O)Nc2ccc(OCc3c(-c4c(Cl)cccc4Cl)noc3C(C)C)cc2Cl)cc1. The average molecular weight is 610 g/mol. The molecule has 12 heteroatoms. The second-order valence-electron chi connectivity index (χ2n) is 8.68. The van der Waals surface area contributed by atoms with E-state index in [0.717, 1.165) is 0 Å². The molecule has 0 aliphatic heterocycles. The molecule has 0 amide bonds. The van der Waals surface area contributed by atoms with Crippen molar-refractivity contribution >= 4 is 56.5 Å². The smallest absolute Gasteiger partial charge is 0.337 e. The zero-order valence-corrected chi connectivity index (χ0v) is 24.1. The van der Waals surface area contributed by atoms with Gasteiger partial charge in [0.25, 0.3) is 10.0 Å². The maximum atomic E-state index is 12.8. The van der Waals surface area contributed by atoms with Crippen LogP contribution in [0.3, 0.4) is 0 Å². The first kappa shape index (κ1) is 28.8. The first-order valence-corrected chi connectivity index (χ1v) is 14.2. The zero-order chi connectivity index (χ0) is 28.3. The van der Waals surface area contributed by atoms with E-state index in [1.165, 1.54) is 43.5 Å². The van der Waals surface area contributed by atoms with Crippen LogP contribution in [0.5, 0.6) is 5.75 Å². The first-order valence-electron chi connectivity index (χ1n) is 11.6. The Morgan fingerprint density at radius 1 is 1.00 bits per heavy atom. The number of benzene rings is 3. The monoisotopic (exact) mass is 608 g/mol. The molecule has 4 rings (SSSR count). The molecule has 0 aliphatic carbocycles. The van der Waals surface area contributed by atoms with Crippen LogP contribution in [0.4, 0.5) is 5.69 Å². The number of carbonyl (C=O) groups is 1. The minimum Gasteiger partial charge on any atom is -0.489 e. The van der Waals surface area contributed by atoms with Gasteiger partial charge in [0.15, 0.2) is 0 Å². The predicted molar refractivity (Wildman–Crippen MR) is 150 cm³/mol. The molecule has 0 radical (unpaired) electrons. The fourth-order valence-electron chi connectivity index (χ4n) is 3.75. The maximum Gasteiger partial charge on any atom is 0.337 e. The van der Waals surface area contributed by atoms with Gasteiger partial charge in [-0.1, -0.05) is 59.9 Å². The van der Waals surface area contributed by atoms with E-state index in [2.05, 4.69) is 14.6 Å². The highest BCUT2D eigenvalue weighted by Crippen LogP contribution is 2.39. The number of aromatic nitrogens is 1. The van der Waals surface area contributed by atoms with Crippen molar-refractivity contribution in [2.75, 3.05) is 11.8 Å². The third-order valence-corrected chi connectivity index (χ3v) is 8.02. The molecule has 0 fully saturated rings. The van der Waals surface area contributed by atoms with Gasteiger partial charge in [-0.15, -0.1) is 0 Å². The molecular formula is C27H23Cl3N2O6S. The van der Waals surface area contributed by atoms with Crippen LogP contribution in [0.1, 0.15) is 41.4 Å². The van der Waals surface area contributed by atoms with Crippen molar-refractivity contribution in [3.63, 3.8) is 0 Å². The standard InChI is InChI=1S/C27H23Cl3N2O6S/c1-15(2)26-19(25(31-38-26)24-20(28)5-4-6-21(24)29)14-37-17-9-12-23(22(30)13-17)32-39(34,35)18-10-7-16(8-11-18)27(33)36-3/h4-13,15,32H,14H2,1-3H3. The van der Waals surface area contributed by atoms with Crippen LogP contribution in [-0.4, -0.2) is 26.7 Å².